The van der Waals surface area contributed by atoms with E-state index in [1.54, 1.807) is 20.4 Å². The zero-order valence-electron chi connectivity index (χ0n) is 16.2. The lowest BCUT2D eigenvalue weighted by molar-refractivity contribution is 0.114. The number of hydrogen-bond acceptors (Lipinski definition) is 5. The number of benzene rings is 1. The standard InChI is InChI=1S/C20H26N4O3.HI/c1-21-20(24-14-18-4-3-11-26-18)23-13-15-5-10-19(22-12-15)27-17-8-6-16(25-2)7-9-17;/h5-10,12,18H,3-4,11,13-14H2,1-2H3,(H2,21,23,24);1H. The van der Waals surface area contributed by atoms with Crippen molar-refractivity contribution in [2.45, 2.75) is 25.5 Å². The molecule has 0 saturated carbocycles. The Morgan fingerprint density at radius 1 is 1.18 bits per heavy atom. The van der Waals surface area contributed by atoms with E-state index in [-0.39, 0.29) is 30.1 Å². The van der Waals surface area contributed by atoms with Crippen LogP contribution in [0.5, 0.6) is 17.4 Å². The van der Waals surface area contributed by atoms with Crippen molar-refractivity contribution < 1.29 is 14.2 Å². The summed E-state index contributed by atoms with van der Waals surface area (Å²) in [6.07, 6.45) is 4.30. The number of aliphatic imine (C=N–C) groups is 1. The van der Waals surface area contributed by atoms with Gasteiger partial charge < -0.3 is 24.8 Å². The van der Waals surface area contributed by atoms with E-state index in [4.69, 9.17) is 14.2 Å². The molecule has 2 N–H and O–H groups in total. The zero-order valence-corrected chi connectivity index (χ0v) is 18.5. The summed E-state index contributed by atoms with van der Waals surface area (Å²) in [7, 11) is 3.39. The number of methoxy groups -OCH3 is 1. The Morgan fingerprint density at radius 3 is 2.57 bits per heavy atom. The van der Waals surface area contributed by atoms with E-state index in [0.29, 0.717) is 18.2 Å². The highest BCUT2D eigenvalue weighted by atomic mass is 127. The van der Waals surface area contributed by atoms with Crippen LogP contribution >= 0.6 is 24.0 Å². The van der Waals surface area contributed by atoms with Gasteiger partial charge in [0.1, 0.15) is 11.5 Å². The van der Waals surface area contributed by atoms with Gasteiger partial charge in [-0.2, -0.15) is 0 Å². The topological polar surface area (TPSA) is 77.0 Å². The summed E-state index contributed by atoms with van der Waals surface area (Å²) in [5, 5.41) is 6.57. The molecule has 1 aliphatic rings. The van der Waals surface area contributed by atoms with Gasteiger partial charge in [-0.15, -0.1) is 24.0 Å². The Kier molecular flexibility index (Phi) is 9.29. The van der Waals surface area contributed by atoms with Crippen LogP contribution in [0.2, 0.25) is 0 Å². The fourth-order valence-electron chi connectivity index (χ4n) is 2.76. The number of halogens is 1. The Morgan fingerprint density at radius 2 is 1.96 bits per heavy atom. The number of rotatable bonds is 7. The number of nitrogens with one attached hydrogen (secondary N) is 2. The first kappa shape index (κ1) is 22.2. The first-order valence-electron chi connectivity index (χ1n) is 9.10. The van der Waals surface area contributed by atoms with E-state index in [1.807, 2.05) is 36.4 Å². The minimum Gasteiger partial charge on any atom is -0.497 e. The molecule has 1 fully saturated rings. The smallest absolute Gasteiger partial charge is 0.219 e. The Bertz CT molecular complexity index is 732. The predicted molar refractivity (Wildman–Crippen MR) is 120 cm³/mol. The third kappa shape index (κ3) is 6.83. The SMILES string of the molecule is CN=C(NCc1ccc(Oc2ccc(OC)cc2)nc1)NCC1CCCO1.I. The van der Waals surface area contributed by atoms with Gasteiger partial charge in [-0.25, -0.2) is 4.98 Å². The maximum Gasteiger partial charge on any atom is 0.219 e. The van der Waals surface area contributed by atoms with Crippen LogP contribution in [-0.4, -0.2) is 44.4 Å². The molecule has 28 heavy (non-hydrogen) atoms. The summed E-state index contributed by atoms with van der Waals surface area (Å²) >= 11 is 0. The van der Waals surface area contributed by atoms with Gasteiger partial charge in [0, 0.05) is 39.0 Å². The first-order chi connectivity index (χ1) is 13.3. The zero-order chi connectivity index (χ0) is 18.9. The molecule has 0 radical (unpaired) electrons. The molecule has 1 unspecified atom stereocenters. The van der Waals surface area contributed by atoms with Crippen molar-refractivity contribution >= 4 is 29.9 Å². The van der Waals surface area contributed by atoms with E-state index in [1.165, 1.54) is 0 Å². The van der Waals surface area contributed by atoms with Gasteiger partial charge in [0.2, 0.25) is 5.88 Å². The average Bonchev–Trinajstić information content (AvgIpc) is 3.23. The highest BCUT2D eigenvalue weighted by Gasteiger charge is 2.15. The van der Waals surface area contributed by atoms with Gasteiger partial charge >= 0.3 is 0 Å². The van der Waals surface area contributed by atoms with E-state index >= 15 is 0 Å². The van der Waals surface area contributed by atoms with Crippen LogP contribution in [0.3, 0.4) is 0 Å². The van der Waals surface area contributed by atoms with Gasteiger partial charge in [0.05, 0.1) is 13.2 Å². The monoisotopic (exact) mass is 498 g/mol. The van der Waals surface area contributed by atoms with Gasteiger partial charge in [-0.3, -0.25) is 4.99 Å². The van der Waals surface area contributed by atoms with E-state index in [9.17, 15) is 0 Å². The molecule has 7 nitrogen and oxygen atoms in total. The fourth-order valence-corrected chi connectivity index (χ4v) is 2.76. The molecule has 1 aromatic carbocycles. The molecule has 1 aliphatic heterocycles. The molecule has 1 atom stereocenters. The number of guanidine groups is 1. The number of nitrogens with zero attached hydrogens (tertiary/aromatic N) is 2. The molecular formula is C20H27IN4O3. The minimum atomic E-state index is 0. The fraction of sp³-hybridized carbons (Fsp3) is 0.400. The molecule has 3 rings (SSSR count). The number of hydrogen-bond donors (Lipinski definition) is 2. The lowest BCUT2D eigenvalue weighted by atomic mass is 10.2. The third-order valence-corrected chi connectivity index (χ3v) is 4.28. The van der Waals surface area contributed by atoms with E-state index in [2.05, 4.69) is 20.6 Å². The number of pyridine rings is 1. The Hall–Kier alpha value is -2.07. The first-order valence-corrected chi connectivity index (χ1v) is 9.10. The van der Waals surface area contributed by atoms with Crippen molar-refractivity contribution in [3.8, 4) is 17.4 Å². The van der Waals surface area contributed by atoms with Crippen molar-refractivity contribution in [2.24, 2.45) is 4.99 Å². The Balaban J connectivity index is 0.00000280. The van der Waals surface area contributed by atoms with Crippen LogP contribution in [-0.2, 0) is 11.3 Å². The van der Waals surface area contributed by atoms with Crippen LogP contribution in [0.15, 0.2) is 47.6 Å². The summed E-state index contributed by atoms with van der Waals surface area (Å²) in [6.45, 7) is 2.25. The lowest BCUT2D eigenvalue weighted by Gasteiger charge is -2.15. The largest absolute Gasteiger partial charge is 0.497 e. The van der Waals surface area contributed by atoms with Gasteiger partial charge in [-0.05, 0) is 42.7 Å². The molecule has 152 valence electrons. The molecule has 8 heteroatoms. The lowest BCUT2D eigenvalue weighted by Crippen LogP contribution is -2.40. The molecular weight excluding hydrogens is 471 g/mol. The molecule has 0 bridgehead atoms. The summed E-state index contributed by atoms with van der Waals surface area (Å²) in [4.78, 5) is 8.59. The van der Waals surface area contributed by atoms with Crippen LogP contribution in [0.4, 0.5) is 0 Å². The van der Waals surface area contributed by atoms with Crippen molar-refractivity contribution in [1.29, 1.82) is 0 Å². The average molecular weight is 498 g/mol. The van der Waals surface area contributed by atoms with Crippen molar-refractivity contribution in [2.75, 3.05) is 27.3 Å². The predicted octanol–water partition coefficient (Wildman–Crippen LogP) is 3.34. The van der Waals surface area contributed by atoms with Crippen LogP contribution in [0.25, 0.3) is 0 Å². The van der Waals surface area contributed by atoms with E-state index < -0.39 is 0 Å². The summed E-state index contributed by atoms with van der Waals surface area (Å²) in [5.41, 5.74) is 1.04. The minimum absolute atomic E-state index is 0. The second-order valence-corrected chi connectivity index (χ2v) is 6.22. The van der Waals surface area contributed by atoms with E-state index in [0.717, 1.165) is 43.3 Å². The molecule has 0 amide bonds. The maximum absolute atomic E-state index is 5.74. The summed E-state index contributed by atoms with van der Waals surface area (Å²) < 4.78 is 16.5. The van der Waals surface area contributed by atoms with Gasteiger partial charge in [0.15, 0.2) is 5.96 Å². The van der Waals surface area contributed by atoms with Crippen LogP contribution in [0.1, 0.15) is 18.4 Å². The molecule has 2 heterocycles. The number of ether oxygens (including phenoxy) is 3. The summed E-state index contributed by atoms with van der Waals surface area (Å²) in [6, 6.07) is 11.2. The van der Waals surface area contributed by atoms with Crippen molar-refractivity contribution in [3.63, 3.8) is 0 Å². The second kappa shape index (κ2) is 11.7. The van der Waals surface area contributed by atoms with Crippen molar-refractivity contribution in [3.05, 3.63) is 48.2 Å². The molecule has 2 aromatic rings. The van der Waals surface area contributed by atoms with Crippen LogP contribution < -0.4 is 20.1 Å². The second-order valence-electron chi connectivity index (χ2n) is 6.22. The van der Waals surface area contributed by atoms with Crippen molar-refractivity contribution in [1.82, 2.24) is 15.6 Å². The molecule has 0 spiro atoms. The normalized spacial score (nSPS) is 16.2. The third-order valence-electron chi connectivity index (χ3n) is 4.28. The molecule has 1 saturated heterocycles. The highest BCUT2D eigenvalue weighted by Crippen LogP contribution is 2.22. The maximum atomic E-state index is 5.74. The molecule has 0 aliphatic carbocycles. The summed E-state index contributed by atoms with van der Waals surface area (Å²) in [5.74, 6) is 2.81. The highest BCUT2D eigenvalue weighted by molar-refractivity contribution is 14.0. The molecule has 1 aromatic heterocycles. The quantitative estimate of drug-likeness (QED) is 0.347. The number of aromatic nitrogens is 1. The Labute approximate surface area is 182 Å². The van der Waals surface area contributed by atoms with Gasteiger partial charge in [0.25, 0.3) is 0 Å². The van der Waals surface area contributed by atoms with Crippen LogP contribution in [0, 0.1) is 0 Å². The van der Waals surface area contributed by atoms with Gasteiger partial charge in [-0.1, -0.05) is 6.07 Å².